The minimum atomic E-state index is -0.0104. The summed E-state index contributed by atoms with van der Waals surface area (Å²) in [6.07, 6.45) is 10.1. The first-order chi connectivity index (χ1) is 13.2. The fourth-order valence-corrected chi connectivity index (χ4v) is 3.85. The highest BCUT2D eigenvalue weighted by Crippen LogP contribution is 2.19. The molecule has 2 amide bonds. The van der Waals surface area contributed by atoms with E-state index >= 15 is 0 Å². The Labute approximate surface area is 162 Å². The molecule has 2 aliphatic rings. The molecule has 1 aliphatic carbocycles. The molecule has 1 aliphatic heterocycles. The zero-order valence-corrected chi connectivity index (χ0v) is 16.1. The Morgan fingerprint density at radius 1 is 1.07 bits per heavy atom. The molecule has 0 bridgehead atoms. The molecule has 3 rings (SSSR count). The lowest BCUT2D eigenvalue weighted by Gasteiger charge is -2.31. The van der Waals surface area contributed by atoms with E-state index in [2.05, 4.69) is 21.6 Å². The van der Waals surface area contributed by atoms with Gasteiger partial charge in [0.25, 0.3) is 5.91 Å². The van der Waals surface area contributed by atoms with Crippen molar-refractivity contribution in [3.63, 3.8) is 0 Å². The molecule has 27 heavy (non-hydrogen) atoms. The van der Waals surface area contributed by atoms with Gasteiger partial charge in [0.1, 0.15) is 0 Å². The van der Waals surface area contributed by atoms with Crippen molar-refractivity contribution < 1.29 is 9.59 Å². The van der Waals surface area contributed by atoms with Crippen molar-refractivity contribution in [3.05, 3.63) is 47.5 Å². The summed E-state index contributed by atoms with van der Waals surface area (Å²) in [5.74, 6) is 0.0991. The Morgan fingerprint density at radius 2 is 1.85 bits per heavy atom. The first kappa shape index (κ1) is 19.6. The topological polar surface area (TPSA) is 61.4 Å². The van der Waals surface area contributed by atoms with Crippen LogP contribution in [0.25, 0.3) is 0 Å². The molecule has 1 aromatic rings. The van der Waals surface area contributed by atoms with E-state index in [0.29, 0.717) is 12.1 Å². The Morgan fingerprint density at radius 3 is 2.56 bits per heavy atom. The summed E-state index contributed by atoms with van der Waals surface area (Å²) < 4.78 is 0. The summed E-state index contributed by atoms with van der Waals surface area (Å²) in [5.41, 5.74) is 2.20. The summed E-state index contributed by atoms with van der Waals surface area (Å²) in [7, 11) is 0. The fraction of sp³-hybridized carbons (Fsp3) is 0.545. The Hall–Kier alpha value is -2.14. The van der Waals surface area contributed by atoms with Crippen molar-refractivity contribution in [2.24, 2.45) is 0 Å². The smallest absolute Gasteiger partial charge is 0.251 e. The third-order valence-electron chi connectivity index (χ3n) is 5.48. The molecule has 5 heteroatoms. The predicted octanol–water partition coefficient (Wildman–Crippen LogP) is 2.89. The van der Waals surface area contributed by atoms with Crippen LogP contribution in [0, 0.1) is 0 Å². The quantitative estimate of drug-likeness (QED) is 0.727. The number of allylic oxidation sites excluding steroid dienone is 1. The van der Waals surface area contributed by atoms with Crippen LogP contribution in [-0.2, 0) is 4.79 Å². The second-order valence-electron chi connectivity index (χ2n) is 7.60. The number of carbonyl (C=O) groups excluding carboxylic acids is 2. The lowest BCUT2D eigenvalue weighted by atomic mass is 9.97. The average molecular weight is 370 g/mol. The Bertz CT molecular complexity index is 649. The van der Waals surface area contributed by atoms with Gasteiger partial charge in [-0.1, -0.05) is 29.8 Å². The fourth-order valence-electron chi connectivity index (χ4n) is 3.85. The van der Waals surface area contributed by atoms with Crippen LogP contribution in [0.2, 0.25) is 0 Å². The maximum absolute atomic E-state index is 12.2. The van der Waals surface area contributed by atoms with E-state index in [-0.39, 0.29) is 17.9 Å². The highest BCUT2D eigenvalue weighted by molar-refractivity contribution is 5.94. The number of amides is 2. The van der Waals surface area contributed by atoms with Crippen LogP contribution in [0.3, 0.4) is 0 Å². The minimum Gasteiger partial charge on any atom is -0.355 e. The van der Waals surface area contributed by atoms with Crippen LogP contribution in [0.5, 0.6) is 0 Å². The van der Waals surface area contributed by atoms with Crippen molar-refractivity contribution in [1.29, 1.82) is 0 Å². The van der Waals surface area contributed by atoms with Gasteiger partial charge in [-0.2, -0.15) is 0 Å². The average Bonchev–Trinajstić information content (AvgIpc) is 2.71. The molecule has 0 unspecified atom stereocenters. The van der Waals surface area contributed by atoms with E-state index in [4.69, 9.17) is 0 Å². The molecular formula is C22H31N3O2. The molecule has 0 atom stereocenters. The molecule has 0 saturated carbocycles. The second-order valence-corrected chi connectivity index (χ2v) is 7.60. The molecule has 146 valence electrons. The molecule has 1 aromatic carbocycles. The van der Waals surface area contributed by atoms with Crippen LogP contribution >= 0.6 is 0 Å². The summed E-state index contributed by atoms with van der Waals surface area (Å²) >= 11 is 0. The van der Waals surface area contributed by atoms with Crippen molar-refractivity contribution in [3.8, 4) is 0 Å². The summed E-state index contributed by atoms with van der Waals surface area (Å²) in [5, 5.41) is 6.16. The van der Waals surface area contributed by atoms with E-state index in [0.717, 1.165) is 38.9 Å². The third-order valence-corrected chi connectivity index (χ3v) is 5.48. The van der Waals surface area contributed by atoms with Crippen molar-refractivity contribution >= 4 is 11.8 Å². The number of carbonyl (C=O) groups is 2. The van der Waals surface area contributed by atoms with Gasteiger partial charge < -0.3 is 10.6 Å². The predicted molar refractivity (Wildman–Crippen MR) is 108 cm³/mol. The lowest BCUT2D eigenvalue weighted by molar-refractivity contribution is -0.122. The van der Waals surface area contributed by atoms with E-state index in [9.17, 15) is 9.59 Å². The van der Waals surface area contributed by atoms with Gasteiger partial charge in [0, 0.05) is 31.2 Å². The summed E-state index contributed by atoms with van der Waals surface area (Å²) in [6.45, 7) is 2.89. The molecule has 5 nitrogen and oxygen atoms in total. The van der Waals surface area contributed by atoms with Crippen LogP contribution in [0.15, 0.2) is 42.0 Å². The van der Waals surface area contributed by atoms with Gasteiger partial charge in [-0.05, 0) is 57.1 Å². The minimum absolute atomic E-state index is 0.0104. The maximum Gasteiger partial charge on any atom is 0.251 e. The van der Waals surface area contributed by atoms with Gasteiger partial charge in [0.05, 0.1) is 6.54 Å². The number of nitrogens with one attached hydrogen (secondary N) is 2. The van der Waals surface area contributed by atoms with Crippen LogP contribution in [0.1, 0.15) is 55.3 Å². The van der Waals surface area contributed by atoms with Gasteiger partial charge in [-0.25, -0.2) is 0 Å². The Kier molecular flexibility index (Phi) is 7.45. The van der Waals surface area contributed by atoms with Gasteiger partial charge in [0.15, 0.2) is 0 Å². The normalized spacial score (nSPS) is 18.6. The zero-order valence-electron chi connectivity index (χ0n) is 16.1. The van der Waals surface area contributed by atoms with E-state index in [1.807, 2.05) is 30.3 Å². The van der Waals surface area contributed by atoms with Crippen LogP contribution < -0.4 is 10.6 Å². The SMILES string of the molecule is O=C(CN1CCC(NC(=O)c2ccccc2)CC1)NCCC1=CCCCC1. The summed E-state index contributed by atoms with van der Waals surface area (Å²) in [4.78, 5) is 26.6. The number of rotatable bonds is 7. The zero-order chi connectivity index (χ0) is 18.9. The molecule has 1 fully saturated rings. The second kappa shape index (κ2) is 10.3. The number of benzene rings is 1. The molecule has 0 aromatic heterocycles. The van der Waals surface area contributed by atoms with Gasteiger partial charge in [0.2, 0.25) is 5.91 Å². The number of hydrogen-bond acceptors (Lipinski definition) is 3. The highest BCUT2D eigenvalue weighted by atomic mass is 16.2. The number of piperidine rings is 1. The first-order valence-electron chi connectivity index (χ1n) is 10.2. The molecular weight excluding hydrogens is 338 g/mol. The highest BCUT2D eigenvalue weighted by Gasteiger charge is 2.22. The van der Waals surface area contributed by atoms with E-state index in [1.54, 1.807) is 0 Å². The lowest BCUT2D eigenvalue weighted by Crippen LogP contribution is -2.47. The van der Waals surface area contributed by atoms with Gasteiger partial charge >= 0.3 is 0 Å². The van der Waals surface area contributed by atoms with Crippen LogP contribution in [-0.4, -0.2) is 48.9 Å². The van der Waals surface area contributed by atoms with E-state index < -0.39 is 0 Å². The van der Waals surface area contributed by atoms with Crippen molar-refractivity contribution in [2.45, 2.75) is 51.0 Å². The first-order valence-corrected chi connectivity index (χ1v) is 10.2. The van der Waals surface area contributed by atoms with Crippen molar-refractivity contribution in [1.82, 2.24) is 15.5 Å². The third kappa shape index (κ3) is 6.51. The van der Waals surface area contributed by atoms with Gasteiger partial charge in [-0.15, -0.1) is 0 Å². The van der Waals surface area contributed by atoms with E-state index in [1.165, 1.54) is 31.3 Å². The van der Waals surface area contributed by atoms with Crippen molar-refractivity contribution in [2.75, 3.05) is 26.2 Å². The largest absolute Gasteiger partial charge is 0.355 e. The van der Waals surface area contributed by atoms with Gasteiger partial charge in [-0.3, -0.25) is 14.5 Å². The molecule has 0 spiro atoms. The maximum atomic E-state index is 12.2. The number of likely N-dealkylation sites (tertiary alicyclic amines) is 1. The molecule has 2 N–H and O–H groups in total. The Balaban J connectivity index is 1.31. The monoisotopic (exact) mass is 369 g/mol. The number of nitrogens with zero attached hydrogens (tertiary/aromatic N) is 1. The molecule has 1 saturated heterocycles. The summed E-state index contributed by atoms with van der Waals surface area (Å²) in [6, 6.07) is 9.51. The number of hydrogen-bond donors (Lipinski definition) is 2. The molecule has 1 heterocycles. The standard InChI is InChI=1S/C22H31N3O2/c26-21(23-14-11-18-7-3-1-4-8-18)17-25-15-12-20(13-16-25)24-22(27)19-9-5-2-6-10-19/h2,5-7,9-10,20H,1,3-4,8,11-17H2,(H,23,26)(H,24,27). The van der Waals surface area contributed by atoms with Crippen LogP contribution in [0.4, 0.5) is 0 Å². The molecule has 0 radical (unpaired) electrons.